The second-order valence-corrected chi connectivity index (χ2v) is 6.12. The topological polar surface area (TPSA) is 68.3 Å². The van der Waals surface area contributed by atoms with Crippen LogP contribution in [0.1, 0.15) is 23.2 Å². The Labute approximate surface area is 142 Å². The number of carbonyl (C=O) groups is 1. The maximum absolute atomic E-state index is 12.6. The van der Waals surface area contributed by atoms with Crippen LogP contribution in [0.4, 0.5) is 0 Å². The lowest BCUT2D eigenvalue weighted by molar-refractivity contribution is 0.0793. The molecule has 6 nitrogen and oxygen atoms in total. The second kappa shape index (κ2) is 5.79. The van der Waals surface area contributed by atoms with Gasteiger partial charge < -0.3 is 9.42 Å². The van der Waals surface area contributed by atoms with E-state index in [0.29, 0.717) is 21.7 Å². The molecule has 1 fully saturated rings. The summed E-state index contributed by atoms with van der Waals surface area (Å²) in [5, 5.41) is 0.748. The van der Waals surface area contributed by atoms with Crippen molar-refractivity contribution < 1.29 is 9.32 Å². The first-order chi connectivity index (χ1) is 11.6. The molecule has 1 aliphatic heterocycles. The van der Waals surface area contributed by atoms with Crippen molar-refractivity contribution in [3.05, 3.63) is 57.5 Å². The molecule has 0 spiro atoms. The molecule has 0 unspecified atom stereocenters. The maximum Gasteiger partial charge on any atom is 0.296 e. The van der Waals surface area contributed by atoms with Crippen molar-refractivity contribution >= 4 is 28.6 Å². The molecule has 4 rings (SSSR count). The van der Waals surface area contributed by atoms with Crippen molar-refractivity contribution in [3.8, 4) is 5.69 Å². The highest BCUT2D eigenvalue weighted by atomic mass is 35.5. The maximum atomic E-state index is 12.6. The SMILES string of the molecule is O=C(c1cc(-n2oc3ncccc3c2=O)ccc1Cl)N1CCCC1. The lowest BCUT2D eigenvalue weighted by Crippen LogP contribution is -2.28. The van der Waals surface area contributed by atoms with Gasteiger partial charge in [0, 0.05) is 19.3 Å². The number of halogens is 1. The van der Waals surface area contributed by atoms with Gasteiger partial charge in [-0.15, -0.1) is 4.74 Å². The van der Waals surface area contributed by atoms with Gasteiger partial charge in [0.2, 0.25) is 0 Å². The number of pyridine rings is 1. The predicted octanol–water partition coefficient (Wildman–Crippen LogP) is 2.87. The molecule has 0 radical (unpaired) electrons. The number of nitrogens with zero attached hydrogens (tertiary/aromatic N) is 3. The van der Waals surface area contributed by atoms with E-state index >= 15 is 0 Å². The van der Waals surface area contributed by atoms with E-state index in [-0.39, 0.29) is 17.2 Å². The van der Waals surface area contributed by atoms with Gasteiger partial charge in [0.15, 0.2) is 0 Å². The van der Waals surface area contributed by atoms with Crippen LogP contribution in [0.5, 0.6) is 0 Å². The smallest absolute Gasteiger partial charge is 0.296 e. The zero-order valence-electron chi connectivity index (χ0n) is 12.7. The first kappa shape index (κ1) is 15.0. The van der Waals surface area contributed by atoms with Gasteiger partial charge in [0.1, 0.15) is 5.39 Å². The van der Waals surface area contributed by atoms with Crippen LogP contribution in [0.2, 0.25) is 5.02 Å². The number of aromatic nitrogens is 2. The molecule has 122 valence electrons. The summed E-state index contributed by atoms with van der Waals surface area (Å²) in [6, 6.07) is 8.16. The summed E-state index contributed by atoms with van der Waals surface area (Å²) in [6.45, 7) is 1.46. The first-order valence-electron chi connectivity index (χ1n) is 7.71. The molecule has 0 bridgehead atoms. The first-order valence-corrected chi connectivity index (χ1v) is 8.09. The van der Waals surface area contributed by atoms with Crippen molar-refractivity contribution in [3.63, 3.8) is 0 Å². The van der Waals surface area contributed by atoms with Crippen molar-refractivity contribution in [1.29, 1.82) is 0 Å². The molecule has 1 amide bonds. The highest BCUT2D eigenvalue weighted by Gasteiger charge is 2.22. The minimum absolute atomic E-state index is 0.123. The third-order valence-corrected chi connectivity index (χ3v) is 4.50. The Hall–Kier alpha value is -2.60. The predicted molar refractivity (Wildman–Crippen MR) is 89.8 cm³/mol. The molecule has 1 aliphatic rings. The summed E-state index contributed by atoms with van der Waals surface area (Å²) in [6.07, 6.45) is 3.55. The van der Waals surface area contributed by atoms with Crippen molar-refractivity contribution in [2.24, 2.45) is 0 Å². The molecule has 24 heavy (non-hydrogen) atoms. The molecule has 1 saturated heterocycles. The Morgan fingerprint density at radius 3 is 2.75 bits per heavy atom. The number of amides is 1. The van der Waals surface area contributed by atoms with Crippen LogP contribution >= 0.6 is 11.6 Å². The fraction of sp³-hybridized carbons (Fsp3) is 0.235. The van der Waals surface area contributed by atoms with Gasteiger partial charge in [-0.3, -0.25) is 9.59 Å². The lowest BCUT2D eigenvalue weighted by Gasteiger charge is -2.16. The van der Waals surface area contributed by atoms with Crippen LogP contribution in [0, 0.1) is 0 Å². The molecular weight excluding hydrogens is 330 g/mol. The van der Waals surface area contributed by atoms with Gasteiger partial charge >= 0.3 is 0 Å². The Balaban J connectivity index is 1.81. The fourth-order valence-electron chi connectivity index (χ4n) is 2.93. The summed E-state index contributed by atoms with van der Waals surface area (Å²) in [7, 11) is 0. The number of likely N-dealkylation sites (tertiary alicyclic amines) is 1. The van der Waals surface area contributed by atoms with E-state index in [1.165, 1.54) is 0 Å². The number of carbonyl (C=O) groups excluding carboxylic acids is 1. The van der Waals surface area contributed by atoms with E-state index in [1.807, 2.05) is 0 Å². The normalized spacial score (nSPS) is 14.5. The standard InChI is InChI=1S/C17H14ClN3O3/c18-14-6-5-11(10-13(14)16(22)20-8-1-2-9-20)21-17(23)12-4-3-7-19-15(12)24-21/h3-7,10H,1-2,8-9H2. The summed E-state index contributed by atoms with van der Waals surface area (Å²) in [5.41, 5.74) is 0.756. The van der Waals surface area contributed by atoms with Crippen LogP contribution in [-0.4, -0.2) is 33.6 Å². The van der Waals surface area contributed by atoms with E-state index < -0.39 is 0 Å². The number of hydrogen-bond donors (Lipinski definition) is 0. The fourth-order valence-corrected chi connectivity index (χ4v) is 3.13. The van der Waals surface area contributed by atoms with E-state index in [2.05, 4.69) is 4.98 Å². The number of rotatable bonds is 2. The monoisotopic (exact) mass is 343 g/mol. The van der Waals surface area contributed by atoms with Crippen LogP contribution in [-0.2, 0) is 0 Å². The molecule has 3 heterocycles. The second-order valence-electron chi connectivity index (χ2n) is 5.71. The highest BCUT2D eigenvalue weighted by molar-refractivity contribution is 6.33. The van der Waals surface area contributed by atoms with E-state index in [1.54, 1.807) is 41.4 Å². The number of hydrogen-bond acceptors (Lipinski definition) is 4. The van der Waals surface area contributed by atoms with E-state index in [0.717, 1.165) is 30.7 Å². The summed E-state index contributed by atoms with van der Waals surface area (Å²) in [4.78, 5) is 30.9. The van der Waals surface area contributed by atoms with Gasteiger partial charge in [-0.2, -0.15) is 0 Å². The zero-order valence-corrected chi connectivity index (χ0v) is 13.5. The van der Waals surface area contributed by atoms with E-state index in [9.17, 15) is 9.59 Å². The number of fused-ring (bicyclic) bond motifs is 1. The van der Waals surface area contributed by atoms with Gasteiger partial charge in [-0.1, -0.05) is 11.6 Å². The highest BCUT2D eigenvalue weighted by Crippen LogP contribution is 2.23. The minimum Gasteiger partial charge on any atom is -0.350 e. The molecule has 2 aromatic heterocycles. The third kappa shape index (κ3) is 2.39. The molecule has 3 aromatic rings. The van der Waals surface area contributed by atoms with Gasteiger partial charge in [-0.05, 0) is 43.2 Å². The molecule has 0 saturated carbocycles. The Bertz CT molecular complexity index is 986. The van der Waals surface area contributed by atoms with E-state index in [4.69, 9.17) is 16.1 Å². The van der Waals surface area contributed by atoms with Crippen LogP contribution in [0.15, 0.2) is 45.8 Å². The Morgan fingerprint density at radius 1 is 1.21 bits per heavy atom. The van der Waals surface area contributed by atoms with Crippen LogP contribution in [0.3, 0.4) is 0 Å². The third-order valence-electron chi connectivity index (χ3n) is 4.17. The molecular formula is C17H14ClN3O3. The summed E-state index contributed by atoms with van der Waals surface area (Å²) >= 11 is 6.20. The summed E-state index contributed by atoms with van der Waals surface area (Å²) < 4.78 is 6.64. The lowest BCUT2D eigenvalue weighted by atomic mass is 10.1. The Kier molecular flexibility index (Phi) is 3.61. The molecule has 7 heteroatoms. The number of benzene rings is 1. The minimum atomic E-state index is -0.319. The Morgan fingerprint density at radius 2 is 2.00 bits per heavy atom. The molecule has 0 aliphatic carbocycles. The molecule has 1 aromatic carbocycles. The summed E-state index contributed by atoms with van der Waals surface area (Å²) in [5.74, 6) is -0.123. The van der Waals surface area contributed by atoms with Crippen molar-refractivity contribution in [2.45, 2.75) is 12.8 Å². The molecule has 0 N–H and O–H groups in total. The average Bonchev–Trinajstić information content (AvgIpc) is 3.24. The van der Waals surface area contributed by atoms with Crippen LogP contribution < -0.4 is 5.56 Å². The largest absolute Gasteiger partial charge is 0.350 e. The van der Waals surface area contributed by atoms with Gasteiger partial charge in [0.25, 0.3) is 17.2 Å². The van der Waals surface area contributed by atoms with Crippen molar-refractivity contribution in [1.82, 2.24) is 14.6 Å². The zero-order chi connectivity index (χ0) is 16.7. The van der Waals surface area contributed by atoms with Gasteiger partial charge in [-0.25, -0.2) is 4.98 Å². The van der Waals surface area contributed by atoms with Gasteiger partial charge in [0.05, 0.1) is 16.3 Å². The van der Waals surface area contributed by atoms with Crippen molar-refractivity contribution in [2.75, 3.05) is 13.1 Å². The van der Waals surface area contributed by atoms with Crippen LogP contribution in [0.25, 0.3) is 16.8 Å². The quantitative estimate of drug-likeness (QED) is 0.717. The average molecular weight is 344 g/mol. The molecule has 0 atom stereocenters.